The highest BCUT2D eigenvalue weighted by Crippen LogP contribution is 2.22. The number of hydrogen-bond acceptors (Lipinski definition) is 4. The number of carbonyl (C=O) groups excluding carboxylic acids is 1. The second-order valence-electron chi connectivity index (χ2n) is 5.87. The highest BCUT2D eigenvalue weighted by molar-refractivity contribution is 7.99. The van der Waals surface area contributed by atoms with E-state index < -0.39 is 0 Å². The zero-order valence-corrected chi connectivity index (χ0v) is 15.1. The van der Waals surface area contributed by atoms with E-state index in [0.29, 0.717) is 17.9 Å². The van der Waals surface area contributed by atoms with E-state index in [4.69, 9.17) is 5.26 Å². The van der Waals surface area contributed by atoms with E-state index in [9.17, 15) is 4.79 Å². The normalized spacial score (nSPS) is 11.8. The molecule has 126 valence electrons. The zero-order chi connectivity index (χ0) is 17.5. The molecule has 0 radical (unpaired) electrons. The lowest BCUT2D eigenvalue weighted by molar-refractivity contribution is 0.0943. The van der Waals surface area contributed by atoms with Crippen LogP contribution < -0.4 is 5.32 Å². The van der Waals surface area contributed by atoms with Crippen LogP contribution in [0.5, 0.6) is 0 Å². The third-order valence-electron chi connectivity index (χ3n) is 3.62. The van der Waals surface area contributed by atoms with Crippen LogP contribution in [0.15, 0.2) is 35.2 Å². The van der Waals surface area contributed by atoms with Gasteiger partial charge in [-0.05, 0) is 38.0 Å². The van der Waals surface area contributed by atoms with Crippen LogP contribution in [0, 0.1) is 31.1 Å². The van der Waals surface area contributed by atoms with Crippen molar-refractivity contribution in [3.8, 4) is 6.07 Å². The Morgan fingerprint density at radius 3 is 2.83 bits per heavy atom. The highest BCUT2D eigenvalue weighted by atomic mass is 32.2. The van der Waals surface area contributed by atoms with Gasteiger partial charge in [0.2, 0.25) is 0 Å². The van der Waals surface area contributed by atoms with Crippen molar-refractivity contribution in [1.29, 1.82) is 5.26 Å². The van der Waals surface area contributed by atoms with Crippen LogP contribution in [0.4, 0.5) is 0 Å². The summed E-state index contributed by atoms with van der Waals surface area (Å²) in [5.41, 5.74) is 2.76. The van der Waals surface area contributed by atoms with Gasteiger partial charge in [0, 0.05) is 23.7 Å². The zero-order valence-electron chi connectivity index (χ0n) is 14.2. The molecular formula is C18H22N4OS. The van der Waals surface area contributed by atoms with Crippen molar-refractivity contribution in [2.45, 2.75) is 32.2 Å². The number of nitriles is 1. The largest absolute Gasteiger partial charge is 0.352 e. The average Bonchev–Trinajstić information content (AvgIpc) is 2.88. The Kier molecular flexibility index (Phi) is 6.44. The molecule has 1 atom stereocenters. The smallest absolute Gasteiger partial charge is 0.252 e. The fourth-order valence-corrected chi connectivity index (χ4v) is 3.18. The van der Waals surface area contributed by atoms with Crippen LogP contribution in [0.25, 0.3) is 0 Å². The third-order valence-corrected chi connectivity index (χ3v) is 4.56. The SMILES string of the molecule is Cc1cc(C)n(CC(C)CNC(=O)c2ccccc2SCC#N)n1. The molecule has 0 saturated heterocycles. The van der Waals surface area contributed by atoms with Crippen molar-refractivity contribution >= 4 is 17.7 Å². The van der Waals surface area contributed by atoms with E-state index in [-0.39, 0.29) is 11.8 Å². The number of amides is 1. The highest BCUT2D eigenvalue weighted by Gasteiger charge is 2.13. The Labute approximate surface area is 147 Å². The number of carbonyl (C=O) groups is 1. The lowest BCUT2D eigenvalue weighted by Crippen LogP contribution is -2.30. The van der Waals surface area contributed by atoms with Crippen molar-refractivity contribution < 1.29 is 4.79 Å². The first-order chi connectivity index (χ1) is 11.5. The molecule has 0 saturated carbocycles. The van der Waals surface area contributed by atoms with Crippen molar-refractivity contribution in [3.05, 3.63) is 47.3 Å². The number of nitrogens with zero attached hydrogens (tertiary/aromatic N) is 3. The van der Waals surface area contributed by atoms with Gasteiger partial charge in [-0.25, -0.2) is 0 Å². The Morgan fingerprint density at radius 1 is 1.42 bits per heavy atom. The maximum absolute atomic E-state index is 12.4. The number of nitrogens with one attached hydrogen (secondary N) is 1. The van der Waals surface area contributed by atoms with Crippen LogP contribution in [0.2, 0.25) is 0 Å². The Balaban J connectivity index is 1.93. The number of aryl methyl sites for hydroxylation is 2. The first kappa shape index (κ1) is 18.1. The van der Waals surface area contributed by atoms with E-state index in [1.165, 1.54) is 11.8 Å². The number of benzene rings is 1. The fraction of sp³-hybridized carbons (Fsp3) is 0.389. The summed E-state index contributed by atoms with van der Waals surface area (Å²) in [6.45, 7) is 7.45. The van der Waals surface area contributed by atoms with E-state index in [2.05, 4.69) is 23.4 Å². The summed E-state index contributed by atoms with van der Waals surface area (Å²) in [4.78, 5) is 13.3. The van der Waals surface area contributed by atoms with Gasteiger partial charge in [0.25, 0.3) is 5.91 Å². The van der Waals surface area contributed by atoms with Crippen molar-refractivity contribution in [3.63, 3.8) is 0 Å². The van der Waals surface area contributed by atoms with E-state index >= 15 is 0 Å². The molecule has 2 aromatic rings. The van der Waals surface area contributed by atoms with Gasteiger partial charge in [0.15, 0.2) is 0 Å². The summed E-state index contributed by atoms with van der Waals surface area (Å²) in [6.07, 6.45) is 0. The van der Waals surface area contributed by atoms with Crippen molar-refractivity contribution in [2.24, 2.45) is 5.92 Å². The molecule has 0 spiro atoms. The number of aromatic nitrogens is 2. The standard InChI is InChI=1S/C18H22N4OS/c1-13(12-22-15(3)10-14(2)21-22)11-20-18(23)16-6-4-5-7-17(16)24-9-8-19/h4-7,10,13H,9,11-12H2,1-3H3,(H,20,23). The molecule has 0 aliphatic carbocycles. The van der Waals surface area contributed by atoms with Gasteiger partial charge in [-0.15, -0.1) is 11.8 Å². The summed E-state index contributed by atoms with van der Waals surface area (Å²) in [5.74, 6) is 0.501. The topological polar surface area (TPSA) is 70.7 Å². The summed E-state index contributed by atoms with van der Waals surface area (Å²) < 4.78 is 1.98. The van der Waals surface area contributed by atoms with Crippen LogP contribution in [-0.4, -0.2) is 28.0 Å². The first-order valence-corrected chi connectivity index (χ1v) is 8.88. The number of hydrogen-bond donors (Lipinski definition) is 1. The van der Waals surface area contributed by atoms with E-state index in [0.717, 1.165) is 22.8 Å². The molecule has 1 unspecified atom stereocenters. The van der Waals surface area contributed by atoms with Crippen molar-refractivity contribution in [1.82, 2.24) is 15.1 Å². The van der Waals surface area contributed by atoms with Gasteiger partial charge in [0.05, 0.1) is 23.1 Å². The lowest BCUT2D eigenvalue weighted by Gasteiger charge is -2.15. The Morgan fingerprint density at radius 2 is 2.17 bits per heavy atom. The fourth-order valence-electron chi connectivity index (χ4n) is 2.47. The minimum absolute atomic E-state index is 0.101. The molecule has 5 nitrogen and oxygen atoms in total. The van der Waals surface area contributed by atoms with Gasteiger partial charge in [-0.2, -0.15) is 10.4 Å². The van der Waals surface area contributed by atoms with Gasteiger partial charge in [-0.3, -0.25) is 9.48 Å². The predicted molar refractivity (Wildman–Crippen MR) is 96.0 cm³/mol. The molecular weight excluding hydrogens is 320 g/mol. The molecule has 1 aromatic carbocycles. The summed E-state index contributed by atoms with van der Waals surface area (Å²) >= 11 is 1.38. The molecule has 2 rings (SSSR count). The monoisotopic (exact) mass is 342 g/mol. The van der Waals surface area contributed by atoms with Gasteiger partial charge in [0.1, 0.15) is 0 Å². The molecule has 0 bridgehead atoms. The number of rotatable bonds is 7. The molecule has 24 heavy (non-hydrogen) atoms. The lowest BCUT2D eigenvalue weighted by atomic mass is 10.1. The molecule has 1 amide bonds. The molecule has 0 fully saturated rings. The van der Waals surface area contributed by atoms with Crippen LogP contribution in [-0.2, 0) is 6.54 Å². The molecule has 0 aliphatic heterocycles. The molecule has 1 N–H and O–H groups in total. The third kappa shape index (κ3) is 4.87. The number of thioether (sulfide) groups is 1. The van der Waals surface area contributed by atoms with Crippen molar-refractivity contribution in [2.75, 3.05) is 12.3 Å². The average molecular weight is 342 g/mol. The molecule has 0 aliphatic rings. The van der Waals surface area contributed by atoms with Crippen LogP contribution >= 0.6 is 11.8 Å². The van der Waals surface area contributed by atoms with E-state index in [1.807, 2.05) is 42.8 Å². The minimum atomic E-state index is -0.101. The molecule has 6 heteroatoms. The van der Waals surface area contributed by atoms with Gasteiger partial charge in [-0.1, -0.05) is 19.1 Å². The predicted octanol–water partition coefficient (Wildman–Crippen LogP) is 3.18. The van der Waals surface area contributed by atoms with Gasteiger partial charge >= 0.3 is 0 Å². The van der Waals surface area contributed by atoms with Crippen LogP contribution in [0.3, 0.4) is 0 Å². The summed E-state index contributed by atoms with van der Waals surface area (Å²) in [6, 6.07) is 11.5. The van der Waals surface area contributed by atoms with Crippen LogP contribution in [0.1, 0.15) is 28.7 Å². The second kappa shape index (κ2) is 8.55. The van der Waals surface area contributed by atoms with E-state index in [1.54, 1.807) is 6.07 Å². The Bertz CT molecular complexity index is 748. The molecule has 1 heterocycles. The maximum atomic E-state index is 12.4. The summed E-state index contributed by atoms with van der Waals surface area (Å²) in [5, 5.41) is 16.2. The Hall–Kier alpha value is -2.26. The van der Waals surface area contributed by atoms with Gasteiger partial charge < -0.3 is 5.32 Å². The summed E-state index contributed by atoms with van der Waals surface area (Å²) in [7, 11) is 0. The molecule has 1 aromatic heterocycles. The first-order valence-electron chi connectivity index (χ1n) is 7.89. The maximum Gasteiger partial charge on any atom is 0.252 e. The second-order valence-corrected chi connectivity index (χ2v) is 6.88. The quantitative estimate of drug-likeness (QED) is 0.785. The minimum Gasteiger partial charge on any atom is -0.352 e.